The number of nitrogens with zero attached hydrogens (tertiary/aromatic N) is 2. The lowest BCUT2D eigenvalue weighted by Crippen LogP contribution is -2.47. The normalized spacial score (nSPS) is 21.5. The van der Waals surface area contributed by atoms with Crippen LogP contribution in [0.1, 0.15) is 37.3 Å². The maximum atomic E-state index is 13.2. The number of carbonyl (C=O) groups excluding carboxylic acids is 2. The molecule has 3 rings (SSSR count). The molecule has 1 aromatic carbocycles. The first-order valence-corrected chi connectivity index (χ1v) is 9.44. The molecule has 2 fully saturated rings. The summed E-state index contributed by atoms with van der Waals surface area (Å²) in [6, 6.07) is 6.37. The second-order valence-corrected chi connectivity index (χ2v) is 7.67. The molecule has 142 valence electrons. The van der Waals surface area contributed by atoms with Gasteiger partial charge in [0.1, 0.15) is 5.82 Å². The topological polar surface area (TPSA) is 52.7 Å². The van der Waals surface area contributed by atoms with Crippen LogP contribution in [0, 0.1) is 17.7 Å². The molecule has 6 heteroatoms. The molecule has 0 aromatic heterocycles. The van der Waals surface area contributed by atoms with E-state index in [0.717, 1.165) is 37.8 Å². The standard InChI is InChI=1S/C20H28FN3O2/c1-23(2)18(14-7-9-17(21)10-8-14)12-22-19(25)16-4-3-11-24(13-16)20(26)15-5-6-15/h7-10,15-16,18H,3-6,11-13H2,1-2H3,(H,22,25). The third kappa shape index (κ3) is 4.61. The van der Waals surface area contributed by atoms with Gasteiger partial charge in [-0.15, -0.1) is 0 Å². The second-order valence-electron chi connectivity index (χ2n) is 7.67. The number of amides is 2. The number of hydrogen-bond acceptors (Lipinski definition) is 3. The molecular weight excluding hydrogens is 333 g/mol. The molecule has 1 saturated heterocycles. The van der Waals surface area contributed by atoms with Crippen LogP contribution in [-0.4, -0.2) is 55.3 Å². The largest absolute Gasteiger partial charge is 0.354 e. The number of likely N-dealkylation sites (N-methyl/N-ethyl adjacent to an activating group) is 1. The number of carbonyl (C=O) groups is 2. The molecule has 0 spiro atoms. The number of rotatable bonds is 6. The molecule has 1 N–H and O–H groups in total. The van der Waals surface area contributed by atoms with Gasteiger partial charge in [-0.2, -0.15) is 0 Å². The van der Waals surface area contributed by atoms with Crippen molar-refractivity contribution in [2.75, 3.05) is 33.7 Å². The van der Waals surface area contributed by atoms with Gasteiger partial charge in [0, 0.05) is 25.6 Å². The molecule has 0 radical (unpaired) electrons. The van der Waals surface area contributed by atoms with Crippen molar-refractivity contribution in [2.45, 2.75) is 31.7 Å². The van der Waals surface area contributed by atoms with E-state index in [1.54, 1.807) is 12.1 Å². The Morgan fingerprint density at radius 3 is 2.50 bits per heavy atom. The lowest BCUT2D eigenvalue weighted by atomic mass is 9.96. The van der Waals surface area contributed by atoms with Crippen LogP contribution in [0.5, 0.6) is 0 Å². The Balaban J connectivity index is 1.55. The molecule has 26 heavy (non-hydrogen) atoms. The van der Waals surface area contributed by atoms with Crippen LogP contribution in [0.2, 0.25) is 0 Å². The van der Waals surface area contributed by atoms with Crippen LogP contribution in [-0.2, 0) is 9.59 Å². The summed E-state index contributed by atoms with van der Waals surface area (Å²) in [5.74, 6) is 0.0287. The van der Waals surface area contributed by atoms with E-state index in [9.17, 15) is 14.0 Å². The third-order valence-electron chi connectivity index (χ3n) is 5.38. The van der Waals surface area contributed by atoms with Crippen molar-refractivity contribution < 1.29 is 14.0 Å². The number of likely N-dealkylation sites (tertiary alicyclic amines) is 1. The Kier molecular flexibility index (Phi) is 5.91. The lowest BCUT2D eigenvalue weighted by Gasteiger charge is -2.33. The highest BCUT2D eigenvalue weighted by Gasteiger charge is 2.36. The summed E-state index contributed by atoms with van der Waals surface area (Å²) in [6.45, 7) is 1.77. The highest BCUT2D eigenvalue weighted by atomic mass is 19.1. The fourth-order valence-electron chi connectivity index (χ4n) is 3.60. The molecule has 1 heterocycles. The van der Waals surface area contributed by atoms with Gasteiger partial charge in [0.15, 0.2) is 0 Å². The van der Waals surface area contributed by atoms with Gasteiger partial charge in [0.2, 0.25) is 11.8 Å². The van der Waals surface area contributed by atoms with Crippen molar-refractivity contribution in [2.24, 2.45) is 11.8 Å². The first kappa shape index (κ1) is 18.8. The Bertz CT molecular complexity index is 643. The smallest absolute Gasteiger partial charge is 0.225 e. The minimum atomic E-state index is -0.266. The summed E-state index contributed by atoms with van der Waals surface area (Å²) < 4.78 is 13.2. The Labute approximate surface area is 154 Å². The van der Waals surface area contributed by atoms with Gasteiger partial charge in [-0.25, -0.2) is 4.39 Å². The molecule has 1 saturated carbocycles. The van der Waals surface area contributed by atoms with Gasteiger partial charge in [0.05, 0.1) is 12.0 Å². The van der Waals surface area contributed by atoms with Crippen molar-refractivity contribution in [3.05, 3.63) is 35.6 Å². The molecule has 5 nitrogen and oxygen atoms in total. The van der Waals surface area contributed by atoms with Crippen LogP contribution in [0.3, 0.4) is 0 Å². The van der Waals surface area contributed by atoms with Gasteiger partial charge < -0.3 is 15.1 Å². The van der Waals surface area contributed by atoms with E-state index in [1.165, 1.54) is 12.1 Å². The van der Waals surface area contributed by atoms with E-state index in [4.69, 9.17) is 0 Å². The Hall–Kier alpha value is -1.95. The van der Waals surface area contributed by atoms with Crippen LogP contribution >= 0.6 is 0 Å². The van der Waals surface area contributed by atoms with Gasteiger partial charge in [-0.05, 0) is 57.5 Å². The summed E-state index contributed by atoms with van der Waals surface area (Å²) in [5, 5.41) is 3.04. The zero-order valence-corrected chi connectivity index (χ0v) is 15.6. The van der Waals surface area contributed by atoms with Crippen molar-refractivity contribution >= 4 is 11.8 Å². The molecular formula is C20H28FN3O2. The molecule has 2 amide bonds. The lowest BCUT2D eigenvalue weighted by molar-refractivity contribution is -0.136. The fourth-order valence-corrected chi connectivity index (χ4v) is 3.60. The summed E-state index contributed by atoms with van der Waals surface area (Å²) >= 11 is 0. The minimum absolute atomic E-state index is 0.00672. The molecule has 1 aromatic rings. The monoisotopic (exact) mass is 361 g/mol. The first-order valence-electron chi connectivity index (χ1n) is 9.44. The number of hydrogen-bond donors (Lipinski definition) is 1. The van der Waals surface area contributed by atoms with Crippen molar-refractivity contribution in [3.8, 4) is 0 Å². The van der Waals surface area contributed by atoms with E-state index >= 15 is 0 Å². The number of halogens is 1. The molecule has 0 bridgehead atoms. The van der Waals surface area contributed by atoms with Gasteiger partial charge in [-0.3, -0.25) is 9.59 Å². The minimum Gasteiger partial charge on any atom is -0.354 e. The Morgan fingerprint density at radius 1 is 1.19 bits per heavy atom. The van der Waals surface area contributed by atoms with Crippen LogP contribution in [0.15, 0.2) is 24.3 Å². The van der Waals surface area contributed by atoms with Crippen LogP contribution in [0.4, 0.5) is 4.39 Å². The average Bonchev–Trinajstić information content (AvgIpc) is 3.47. The summed E-state index contributed by atoms with van der Waals surface area (Å²) in [4.78, 5) is 28.8. The highest BCUT2D eigenvalue weighted by Crippen LogP contribution is 2.32. The maximum absolute atomic E-state index is 13.2. The summed E-state index contributed by atoms with van der Waals surface area (Å²) in [7, 11) is 3.88. The predicted octanol–water partition coefficient (Wildman–Crippen LogP) is 2.19. The fraction of sp³-hybridized carbons (Fsp3) is 0.600. The SMILES string of the molecule is CN(C)C(CNC(=O)C1CCCN(C(=O)C2CC2)C1)c1ccc(F)cc1. The third-order valence-corrected chi connectivity index (χ3v) is 5.38. The van der Waals surface area contributed by atoms with E-state index in [-0.39, 0.29) is 35.5 Å². The van der Waals surface area contributed by atoms with Crippen LogP contribution < -0.4 is 5.32 Å². The van der Waals surface area contributed by atoms with Gasteiger partial charge in [-0.1, -0.05) is 12.1 Å². The quantitative estimate of drug-likeness (QED) is 0.845. The molecule has 2 unspecified atom stereocenters. The molecule has 1 aliphatic heterocycles. The van der Waals surface area contributed by atoms with Gasteiger partial charge >= 0.3 is 0 Å². The predicted molar refractivity (Wildman–Crippen MR) is 97.9 cm³/mol. The second kappa shape index (κ2) is 8.16. The molecule has 2 atom stereocenters. The van der Waals surface area contributed by atoms with E-state index in [0.29, 0.717) is 13.1 Å². The summed E-state index contributed by atoms with van der Waals surface area (Å²) in [5.41, 5.74) is 0.964. The average molecular weight is 361 g/mol. The van der Waals surface area contributed by atoms with Crippen LogP contribution in [0.25, 0.3) is 0 Å². The number of nitrogens with one attached hydrogen (secondary N) is 1. The summed E-state index contributed by atoms with van der Waals surface area (Å²) in [6.07, 6.45) is 3.69. The molecule has 1 aliphatic carbocycles. The van der Waals surface area contributed by atoms with Crippen molar-refractivity contribution in [1.29, 1.82) is 0 Å². The highest BCUT2D eigenvalue weighted by molar-refractivity contribution is 5.83. The molecule has 2 aliphatic rings. The number of benzene rings is 1. The number of piperidine rings is 1. The van der Waals surface area contributed by atoms with Gasteiger partial charge in [0.25, 0.3) is 0 Å². The first-order chi connectivity index (χ1) is 12.5. The zero-order valence-electron chi connectivity index (χ0n) is 15.6. The van der Waals surface area contributed by atoms with E-state index in [1.807, 2.05) is 23.9 Å². The van der Waals surface area contributed by atoms with E-state index < -0.39 is 0 Å². The van der Waals surface area contributed by atoms with E-state index in [2.05, 4.69) is 5.32 Å². The van der Waals surface area contributed by atoms with Crippen molar-refractivity contribution in [3.63, 3.8) is 0 Å². The maximum Gasteiger partial charge on any atom is 0.225 e. The Morgan fingerprint density at radius 2 is 1.88 bits per heavy atom. The zero-order chi connectivity index (χ0) is 18.7. The van der Waals surface area contributed by atoms with Crippen molar-refractivity contribution in [1.82, 2.24) is 15.1 Å².